The van der Waals surface area contributed by atoms with Crippen LogP contribution in [0.4, 0.5) is 10.5 Å². The van der Waals surface area contributed by atoms with Crippen molar-refractivity contribution in [3.05, 3.63) is 29.8 Å². The zero-order chi connectivity index (χ0) is 18.9. The van der Waals surface area contributed by atoms with Gasteiger partial charge in [0.15, 0.2) is 0 Å². The van der Waals surface area contributed by atoms with Crippen molar-refractivity contribution in [2.75, 3.05) is 51.2 Å². The van der Waals surface area contributed by atoms with Gasteiger partial charge in [0.1, 0.15) is 0 Å². The lowest BCUT2D eigenvalue weighted by Gasteiger charge is -2.37. The maximum Gasteiger partial charge on any atom is 0.338 e. The number of rotatable bonds is 7. The number of carbonyl (C=O) groups excluding carboxylic acids is 2. The predicted molar refractivity (Wildman–Crippen MR) is 103 cm³/mol. The van der Waals surface area contributed by atoms with Crippen LogP contribution in [0.25, 0.3) is 0 Å². The Balaban J connectivity index is 1.74. The molecule has 1 aliphatic rings. The van der Waals surface area contributed by atoms with Crippen LogP contribution < -0.4 is 10.6 Å². The fraction of sp³-hybridized carbons (Fsp3) is 0.579. The number of hydrogen-bond acceptors (Lipinski definition) is 5. The molecule has 0 bridgehead atoms. The number of ether oxygens (including phenoxy) is 1. The molecule has 0 saturated carbocycles. The summed E-state index contributed by atoms with van der Waals surface area (Å²) >= 11 is 0. The highest BCUT2D eigenvalue weighted by Gasteiger charge is 2.20. The SMILES string of the molecule is CCOC(=O)c1ccc(NC(=O)NC[C@H](C)N2CCN(CC)CC2)cc1. The molecule has 7 nitrogen and oxygen atoms in total. The molecule has 1 fully saturated rings. The Bertz CT molecular complexity index is 583. The first kappa shape index (κ1) is 20.2. The molecule has 1 atom stereocenters. The van der Waals surface area contributed by atoms with Crippen LogP contribution in [-0.4, -0.2) is 73.7 Å². The number of benzene rings is 1. The summed E-state index contributed by atoms with van der Waals surface area (Å²) in [5, 5.41) is 5.70. The van der Waals surface area contributed by atoms with E-state index < -0.39 is 0 Å². The summed E-state index contributed by atoms with van der Waals surface area (Å²) < 4.78 is 4.94. The molecule has 0 spiro atoms. The molecule has 1 aromatic rings. The van der Waals surface area contributed by atoms with Crippen LogP contribution in [-0.2, 0) is 4.74 Å². The van der Waals surface area contributed by atoms with E-state index in [1.54, 1.807) is 31.2 Å². The summed E-state index contributed by atoms with van der Waals surface area (Å²) in [6.45, 7) is 12.4. The minimum atomic E-state index is -0.361. The molecule has 0 radical (unpaired) electrons. The predicted octanol–water partition coefficient (Wildman–Crippen LogP) is 2.01. The Kier molecular flexibility index (Phi) is 7.87. The quantitative estimate of drug-likeness (QED) is 0.726. The van der Waals surface area contributed by atoms with Gasteiger partial charge < -0.3 is 20.3 Å². The molecular formula is C19H30N4O3. The third-order valence-corrected chi connectivity index (χ3v) is 4.69. The number of esters is 1. The third-order valence-electron chi connectivity index (χ3n) is 4.69. The normalized spacial score (nSPS) is 16.7. The van der Waals surface area contributed by atoms with E-state index in [9.17, 15) is 9.59 Å². The minimum absolute atomic E-state index is 0.243. The van der Waals surface area contributed by atoms with E-state index in [4.69, 9.17) is 4.74 Å². The molecular weight excluding hydrogens is 332 g/mol. The molecule has 1 aromatic carbocycles. The number of nitrogens with one attached hydrogen (secondary N) is 2. The molecule has 7 heteroatoms. The summed E-state index contributed by atoms with van der Waals surface area (Å²) in [5.41, 5.74) is 1.11. The van der Waals surface area contributed by atoms with E-state index in [0.29, 0.717) is 30.4 Å². The van der Waals surface area contributed by atoms with Gasteiger partial charge in [-0.2, -0.15) is 0 Å². The number of carbonyl (C=O) groups is 2. The maximum absolute atomic E-state index is 12.1. The third kappa shape index (κ3) is 6.00. The van der Waals surface area contributed by atoms with Crippen molar-refractivity contribution < 1.29 is 14.3 Å². The van der Waals surface area contributed by atoms with Crippen molar-refractivity contribution >= 4 is 17.7 Å². The lowest BCUT2D eigenvalue weighted by atomic mass is 10.2. The largest absolute Gasteiger partial charge is 0.462 e. The zero-order valence-electron chi connectivity index (χ0n) is 16.0. The topological polar surface area (TPSA) is 73.9 Å². The number of hydrogen-bond donors (Lipinski definition) is 2. The molecule has 0 aliphatic carbocycles. The first-order valence-electron chi connectivity index (χ1n) is 9.32. The summed E-state index contributed by atoms with van der Waals surface area (Å²) in [6.07, 6.45) is 0. The Hall–Kier alpha value is -2.12. The Labute approximate surface area is 155 Å². The van der Waals surface area contributed by atoms with Crippen LogP contribution in [0.3, 0.4) is 0 Å². The van der Waals surface area contributed by atoms with Crippen molar-refractivity contribution in [2.24, 2.45) is 0 Å². The number of urea groups is 1. The first-order valence-corrected chi connectivity index (χ1v) is 9.32. The van der Waals surface area contributed by atoms with E-state index in [2.05, 4.69) is 34.3 Å². The van der Waals surface area contributed by atoms with Crippen molar-refractivity contribution in [2.45, 2.75) is 26.8 Å². The average molecular weight is 362 g/mol. The van der Waals surface area contributed by atoms with E-state index in [0.717, 1.165) is 32.7 Å². The van der Waals surface area contributed by atoms with E-state index in [-0.39, 0.29) is 12.0 Å². The van der Waals surface area contributed by atoms with Gasteiger partial charge in [0.2, 0.25) is 0 Å². The molecule has 1 saturated heterocycles. The van der Waals surface area contributed by atoms with Crippen LogP contribution in [0.2, 0.25) is 0 Å². The van der Waals surface area contributed by atoms with Gasteiger partial charge in [-0.1, -0.05) is 6.92 Å². The van der Waals surface area contributed by atoms with Crippen LogP contribution in [0.5, 0.6) is 0 Å². The van der Waals surface area contributed by atoms with Gasteiger partial charge in [-0.25, -0.2) is 9.59 Å². The Morgan fingerprint density at radius 2 is 1.77 bits per heavy atom. The molecule has 26 heavy (non-hydrogen) atoms. The standard InChI is InChI=1S/C19H30N4O3/c1-4-22-10-12-23(13-11-22)15(3)14-20-19(25)21-17-8-6-16(7-9-17)18(24)26-5-2/h6-9,15H,4-5,10-14H2,1-3H3,(H2,20,21,25)/t15-/m0/s1. The summed E-state index contributed by atoms with van der Waals surface area (Å²) in [6, 6.07) is 6.73. The molecule has 1 aliphatic heterocycles. The van der Waals surface area contributed by atoms with Gasteiger partial charge in [-0.05, 0) is 44.7 Å². The maximum atomic E-state index is 12.1. The van der Waals surface area contributed by atoms with Gasteiger partial charge in [-0.3, -0.25) is 4.90 Å². The molecule has 144 valence electrons. The number of piperazine rings is 1. The summed E-state index contributed by atoms with van der Waals surface area (Å²) in [7, 11) is 0. The molecule has 0 unspecified atom stereocenters. The van der Waals surface area contributed by atoms with Gasteiger partial charge in [0.25, 0.3) is 0 Å². The van der Waals surface area contributed by atoms with Crippen LogP contribution in [0.1, 0.15) is 31.1 Å². The highest BCUT2D eigenvalue weighted by Crippen LogP contribution is 2.11. The molecule has 2 amide bonds. The molecule has 0 aromatic heterocycles. The average Bonchev–Trinajstić information content (AvgIpc) is 2.67. The fourth-order valence-corrected chi connectivity index (χ4v) is 2.97. The van der Waals surface area contributed by atoms with Gasteiger partial charge in [0.05, 0.1) is 12.2 Å². The Morgan fingerprint density at radius 1 is 1.12 bits per heavy atom. The number of likely N-dealkylation sites (N-methyl/N-ethyl adjacent to an activating group) is 1. The first-order chi connectivity index (χ1) is 12.5. The zero-order valence-corrected chi connectivity index (χ0v) is 16.0. The number of anilines is 1. The number of nitrogens with zero attached hydrogens (tertiary/aromatic N) is 2. The van der Waals surface area contributed by atoms with Crippen LogP contribution in [0, 0.1) is 0 Å². The van der Waals surface area contributed by atoms with E-state index >= 15 is 0 Å². The van der Waals surface area contributed by atoms with E-state index in [1.165, 1.54) is 0 Å². The molecule has 2 rings (SSSR count). The second-order valence-corrected chi connectivity index (χ2v) is 6.45. The van der Waals surface area contributed by atoms with Crippen molar-refractivity contribution in [1.82, 2.24) is 15.1 Å². The smallest absolute Gasteiger partial charge is 0.338 e. The van der Waals surface area contributed by atoms with Crippen molar-refractivity contribution in [1.29, 1.82) is 0 Å². The second kappa shape index (κ2) is 10.1. The van der Waals surface area contributed by atoms with Gasteiger partial charge in [0, 0.05) is 44.5 Å². The Morgan fingerprint density at radius 3 is 2.35 bits per heavy atom. The highest BCUT2D eigenvalue weighted by atomic mass is 16.5. The minimum Gasteiger partial charge on any atom is -0.462 e. The van der Waals surface area contributed by atoms with Crippen molar-refractivity contribution in [3.63, 3.8) is 0 Å². The summed E-state index contributed by atoms with van der Waals surface area (Å²) in [4.78, 5) is 28.5. The molecule has 2 N–H and O–H groups in total. The fourth-order valence-electron chi connectivity index (χ4n) is 2.97. The van der Waals surface area contributed by atoms with E-state index in [1.807, 2.05) is 0 Å². The molecule has 1 heterocycles. The van der Waals surface area contributed by atoms with Gasteiger partial charge >= 0.3 is 12.0 Å². The highest BCUT2D eigenvalue weighted by molar-refractivity contribution is 5.92. The van der Waals surface area contributed by atoms with Crippen LogP contribution >= 0.6 is 0 Å². The van der Waals surface area contributed by atoms with Crippen LogP contribution in [0.15, 0.2) is 24.3 Å². The lowest BCUT2D eigenvalue weighted by molar-refractivity contribution is 0.0526. The second-order valence-electron chi connectivity index (χ2n) is 6.45. The lowest BCUT2D eigenvalue weighted by Crippen LogP contribution is -2.52. The monoisotopic (exact) mass is 362 g/mol. The van der Waals surface area contributed by atoms with Gasteiger partial charge in [-0.15, -0.1) is 0 Å². The summed E-state index contributed by atoms with van der Waals surface area (Å²) in [5.74, 6) is -0.361. The number of amides is 2. The van der Waals surface area contributed by atoms with Crippen molar-refractivity contribution in [3.8, 4) is 0 Å².